The summed E-state index contributed by atoms with van der Waals surface area (Å²) in [7, 11) is 1.48. The van der Waals surface area contributed by atoms with Gasteiger partial charge in [-0.25, -0.2) is 9.18 Å². The molecule has 158 valence electrons. The number of ether oxygens (including phenoxy) is 1. The van der Waals surface area contributed by atoms with Crippen molar-refractivity contribution in [1.82, 2.24) is 5.32 Å². The Hall–Kier alpha value is -3.42. The molecule has 2 aromatic rings. The molecule has 1 aliphatic heterocycles. The number of rotatable bonds is 4. The summed E-state index contributed by atoms with van der Waals surface area (Å²) in [5.41, 5.74) is 1.47. The molecule has 0 aromatic heterocycles. The van der Waals surface area contributed by atoms with E-state index >= 15 is 0 Å². The highest BCUT2D eigenvalue weighted by Crippen LogP contribution is 2.38. The molecule has 30 heavy (non-hydrogen) atoms. The van der Waals surface area contributed by atoms with Gasteiger partial charge in [0.15, 0.2) is 0 Å². The fourth-order valence-electron chi connectivity index (χ4n) is 3.26. The van der Waals surface area contributed by atoms with Crippen LogP contribution in [0.1, 0.15) is 43.1 Å². The van der Waals surface area contributed by atoms with Gasteiger partial charge in [0.25, 0.3) is 5.91 Å². The largest absolute Gasteiger partial charge is 0.496 e. The summed E-state index contributed by atoms with van der Waals surface area (Å²) in [5.74, 6) is -0.818. The molecule has 0 aliphatic carbocycles. The maximum absolute atomic E-state index is 13.2. The Balaban J connectivity index is 2.07. The maximum Gasteiger partial charge on any atom is 0.328 e. The summed E-state index contributed by atoms with van der Waals surface area (Å²) in [6, 6.07) is 8.22. The number of halogens is 1. The smallest absolute Gasteiger partial charge is 0.328 e. The zero-order valence-electron chi connectivity index (χ0n) is 17.3. The Morgan fingerprint density at radius 2 is 1.83 bits per heavy atom. The number of amides is 4. The van der Waals surface area contributed by atoms with Crippen molar-refractivity contribution in [2.24, 2.45) is 0 Å². The van der Waals surface area contributed by atoms with Crippen LogP contribution >= 0.6 is 0 Å². The highest BCUT2D eigenvalue weighted by atomic mass is 19.1. The Labute approximate surface area is 174 Å². The van der Waals surface area contributed by atoms with Gasteiger partial charge in [-0.1, -0.05) is 20.8 Å². The molecular formula is C22H24FN3O4. The summed E-state index contributed by atoms with van der Waals surface area (Å²) in [6.45, 7) is 6.11. The van der Waals surface area contributed by atoms with Gasteiger partial charge in [-0.15, -0.1) is 0 Å². The second-order valence-electron chi connectivity index (χ2n) is 8.04. The van der Waals surface area contributed by atoms with Crippen LogP contribution in [-0.4, -0.2) is 31.5 Å². The average molecular weight is 413 g/mol. The molecule has 4 amide bonds. The molecule has 8 heteroatoms. The molecule has 0 spiro atoms. The molecule has 0 atom stereocenters. The van der Waals surface area contributed by atoms with E-state index in [1.165, 1.54) is 36.3 Å². The van der Waals surface area contributed by atoms with Crippen LogP contribution in [0.15, 0.2) is 36.4 Å². The van der Waals surface area contributed by atoms with Gasteiger partial charge in [0.05, 0.1) is 12.7 Å². The van der Waals surface area contributed by atoms with Crippen LogP contribution in [0, 0.1) is 5.82 Å². The van der Waals surface area contributed by atoms with Gasteiger partial charge in [0.2, 0.25) is 5.91 Å². The molecule has 2 N–H and O–H groups in total. The van der Waals surface area contributed by atoms with Gasteiger partial charge in [-0.2, -0.15) is 0 Å². The van der Waals surface area contributed by atoms with Crippen LogP contribution < -0.4 is 20.3 Å². The van der Waals surface area contributed by atoms with Crippen LogP contribution in [-0.2, 0) is 10.2 Å². The minimum Gasteiger partial charge on any atom is -0.496 e. The molecule has 7 nitrogen and oxygen atoms in total. The van der Waals surface area contributed by atoms with Gasteiger partial charge in [0, 0.05) is 29.9 Å². The predicted octanol–water partition coefficient (Wildman–Crippen LogP) is 3.83. The minimum atomic E-state index is -0.541. The zero-order valence-corrected chi connectivity index (χ0v) is 17.3. The van der Waals surface area contributed by atoms with Crippen molar-refractivity contribution >= 4 is 29.2 Å². The van der Waals surface area contributed by atoms with Crippen LogP contribution in [0.5, 0.6) is 5.75 Å². The van der Waals surface area contributed by atoms with Crippen molar-refractivity contribution < 1.29 is 23.5 Å². The summed E-state index contributed by atoms with van der Waals surface area (Å²) in [5, 5.41) is 5.02. The van der Waals surface area contributed by atoms with Gasteiger partial charge >= 0.3 is 6.03 Å². The lowest BCUT2D eigenvalue weighted by atomic mass is 9.84. The Bertz CT molecular complexity index is 997. The van der Waals surface area contributed by atoms with E-state index in [0.29, 0.717) is 17.1 Å². The number of carbonyl (C=O) groups is 3. The van der Waals surface area contributed by atoms with E-state index in [0.717, 1.165) is 5.56 Å². The topological polar surface area (TPSA) is 87.7 Å². The second-order valence-corrected chi connectivity index (χ2v) is 8.04. The SMILES string of the molecule is COc1c(C(=O)Nc2ccc(F)cc2)cc(N2CCC(=O)NC2=O)cc1C(C)(C)C. The summed E-state index contributed by atoms with van der Waals surface area (Å²) < 4.78 is 18.7. The van der Waals surface area contributed by atoms with E-state index in [1.807, 2.05) is 20.8 Å². The van der Waals surface area contributed by atoms with Crippen molar-refractivity contribution in [1.29, 1.82) is 0 Å². The molecule has 1 fully saturated rings. The number of methoxy groups -OCH3 is 1. The van der Waals surface area contributed by atoms with E-state index in [9.17, 15) is 18.8 Å². The normalized spacial score (nSPS) is 14.4. The molecule has 3 rings (SSSR count). The number of hydrogen-bond acceptors (Lipinski definition) is 4. The molecule has 1 saturated heterocycles. The number of nitrogens with zero attached hydrogens (tertiary/aromatic N) is 1. The van der Waals surface area contributed by atoms with Gasteiger partial charge < -0.3 is 10.1 Å². The predicted molar refractivity (Wildman–Crippen MR) is 112 cm³/mol. The Morgan fingerprint density at radius 1 is 1.17 bits per heavy atom. The van der Waals surface area contributed by atoms with E-state index in [2.05, 4.69) is 10.6 Å². The molecule has 0 bridgehead atoms. The van der Waals surface area contributed by atoms with Gasteiger partial charge in [-0.3, -0.25) is 19.8 Å². The first kappa shape index (κ1) is 21.3. The van der Waals surface area contributed by atoms with Gasteiger partial charge in [0.1, 0.15) is 11.6 Å². The van der Waals surface area contributed by atoms with Crippen LogP contribution in [0.4, 0.5) is 20.6 Å². The molecule has 0 saturated carbocycles. The minimum absolute atomic E-state index is 0.166. The number of urea groups is 1. The highest BCUT2D eigenvalue weighted by Gasteiger charge is 2.30. The van der Waals surface area contributed by atoms with Crippen molar-refractivity contribution in [3.63, 3.8) is 0 Å². The third kappa shape index (κ3) is 4.42. The lowest BCUT2D eigenvalue weighted by molar-refractivity contribution is -0.120. The quantitative estimate of drug-likeness (QED) is 0.798. The third-order valence-electron chi connectivity index (χ3n) is 4.80. The van der Waals surface area contributed by atoms with Crippen LogP contribution in [0.25, 0.3) is 0 Å². The number of hydrogen-bond donors (Lipinski definition) is 2. The lowest BCUT2D eigenvalue weighted by Crippen LogP contribution is -2.49. The van der Waals surface area contributed by atoms with Crippen molar-refractivity contribution in [2.45, 2.75) is 32.6 Å². The van der Waals surface area contributed by atoms with Crippen LogP contribution in [0.2, 0.25) is 0 Å². The van der Waals surface area contributed by atoms with Crippen molar-refractivity contribution in [2.75, 3.05) is 23.9 Å². The molecule has 1 heterocycles. The summed E-state index contributed by atoms with van der Waals surface area (Å²) in [6.07, 6.45) is 0.166. The number of carbonyl (C=O) groups excluding carboxylic acids is 3. The van der Waals surface area contributed by atoms with Gasteiger partial charge in [-0.05, 0) is 41.8 Å². The third-order valence-corrected chi connectivity index (χ3v) is 4.80. The Kier molecular flexibility index (Phi) is 5.78. The molecule has 0 unspecified atom stereocenters. The highest BCUT2D eigenvalue weighted by molar-refractivity contribution is 6.09. The molecule has 1 aliphatic rings. The number of benzene rings is 2. The lowest BCUT2D eigenvalue weighted by Gasteiger charge is -2.30. The fourth-order valence-corrected chi connectivity index (χ4v) is 3.26. The maximum atomic E-state index is 13.2. The van der Waals surface area contributed by atoms with E-state index < -0.39 is 23.2 Å². The first-order valence-corrected chi connectivity index (χ1v) is 9.51. The fraction of sp³-hybridized carbons (Fsp3) is 0.318. The zero-order chi connectivity index (χ0) is 22.1. The summed E-state index contributed by atoms with van der Waals surface area (Å²) >= 11 is 0. The number of nitrogens with one attached hydrogen (secondary N) is 2. The van der Waals surface area contributed by atoms with E-state index in [1.54, 1.807) is 12.1 Å². The number of anilines is 2. The molecule has 2 aromatic carbocycles. The van der Waals surface area contributed by atoms with E-state index in [-0.39, 0.29) is 24.4 Å². The summed E-state index contributed by atoms with van der Waals surface area (Å²) in [4.78, 5) is 38.4. The number of imide groups is 1. The van der Waals surface area contributed by atoms with Crippen molar-refractivity contribution in [3.05, 3.63) is 53.3 Å². The first-order chi connectivity index (χ1) is 14.1. The molecular weight excluding hydrogens is 389 g/mol. The Morgan fingerprint density at radius 3 is 2.40 bits per heavy atom. The van der Waals surface area contributed by atoms with Crippen LogP contribution in [0.3, 0.4) is 0 Å². The monoisotopic (exact) mass is 413 g/mol. The standard InChI is InChI=1S/C22H24FN3O4/c1-22(2,3)17-12-15(26-10-9-18(27)25-21(26)29)11-16(19(17)30-4)20(28)24-14-7-5-13(23)6-8-14/h5-8,11-12H,9-10H2,1-4H3,(H,24,28)(H,25,27,29). The second kappa shape index (κ2) is 8.14. The van der Waals surface area contributed by atoms with E-state index in [4.69, 9.17) is 4.74 Å². The average Bonchev–Trinajstić information content (AvgIpc) is 2.68. The van der Waals surface area contributed by atoms with Crippen molar-refractivity contribution in [3.8, 4) is 5.75 Å². The first-order valence-electron chi connectivity index (χ1n) is 9.51. The molecule has 0 radical (unpaired) electrons.